The lowest BCUT2D eigenvalue weighted by atomic mass is 10.4. The van der Waals surface area contributed by atoms with Crippen molar-refractivity contribution in [3.8, 4) is 0 Å². The first kappa shape index (κ1) is 12.7. The van der Waals surface area contributed by atoms with Crippen LogP contribution in [0.25, 0.3) is 0 Å². The molecule has 0 radical (unpaired) electrons. The molecule has 0 bridgehead atoms. The molecule has 2 aromatic rings. The van der Waals surface area contributed by atoms with Crippen molar-refractivity contribution < 1.29 is 4.92 Å². The quantitative estimate of drug-likeness (QED) is 0.600. The van der Waals surface area contributed by atoms with E-state index in [2.05, 4.69) is 10.1 Å². The zero-order chi connectivity index (χ0) is 13.8. The lowest BCUT2D eigenvalue weighted by Gasteiger charge is -2.04. The Kier molecular flexibility index (Phi) is 3.55. The van der Waals surface area contributed by atoms with Crippen LogP contribution >= 0.6 is 0 Å². The Bertz CT molecular complexity index is 647. The maximum Gasteiger partial charge on any atom is 0.347 e. The smallest absolute Gasteiger partial charge is 0.347 e. The molecule has 2 rings (SSSR count). The van der Waals surface area contributed by atoms with Crippen LogP contribution in [0.15, 0.2) is 29.5 Å². The van der Waals surface area contributed by atoms with Crippen LogP contribution < -0.4 is 11.4 Å². The fourth-order valence-corrected chi connectivity index (χ4v) is 1.60. The first-order valence-electron chi connectivity index (χ1n) is 5.56. The second kappa shape index (κ2) is 5.29. The van der Waals surface area contributed by atoms with Gasteiger partial charge in [-0.1, -0.05) is 0 Å². The molecular formula is C10H12N6O3. The molecule has 0 unspecified atom stereocenters. The third-order valence-corrected chi connectivity index (χ3v) is 2.50. The maximum atomic E-state index is 11.4. The van der Waals surface area contributed by atoms with E-state index in [1.165, 1.54) is 10.8 Å². The topological polar surface area (TPSA) is 122 Å². The largest absolute Gasteiger partial charge is 0.382 e. The highest BCUT2D eigenvalue weighted by Gasteiger charge is 2.08. The Balaban J connectivity index is 2.01. The van der Waals surface area contributed by atoms with Gasteiger partial charge < -0.3 is 5.73 Å². The zero-order valence-corrected chi connectivity index (χ0v) is 9.97. The summed E-state index contributed by atoms with van der Waals surface area (Å²) in [5.74, 6) is 0.425. The average molecular weight is 264 g/mol. The van der Waals surface area contributed by atoms with Gasteiger partial charge >= 0.3 is 11.4 Å². The van der Waals surface area contributed by atoms with E-state index in [1.807, 2.05) is 0 Å². The van der Waals surface area contributed by atoms with Crippen LogP contribution in [0.5, 0.6) is 0 Å². The van der Waals surface area contributed by atoms with Gasteiger partial charge in [-0.05, 0) is 12.5 Å². The van der Waals surface area contributed by atoms with Crippen LogP contribution in [0.4, 0.5) is 11.5 Å². The summed E-state index contributed by atoms with van der Waals surface area (Å²) in [6.07, 6.45) is 4.45. The van der Waals surface area contributed by atoms with Crippen LogP contribution in [0.3, 0.4) is 0 Å². The van der Waals surface area contributed by atoms with Crippen LogP contribution in [-0.4, -0.2) is 24.3 Å². The van der Waals surface area contributed by atoms with Gasteiger partial charge in [-0.2, -0.15) is 10.1 Å². The van der Waals surface area contributed by atoms with Gasteiger partial charge in [0.15, 0.2) is 0 Å². The summed E-state index contributed by atoms with van der Waals surface area (Å²) < 4.78 is 2.86. The van der Waals surface area contributed by atoms with Gasteiger partial charge in [0.2, 0.25) is 0 Å². The molecule has 9 heteroatoms. The van der Waals surface area contributed by atoms with Gasteiger partial charge in [0, 0.05) is 19.3 Å². The van der Waals surface area contributed by atoms with E-state index in [9.17, 15) is 14.9 Å². The fourth-order valence-electron chi connectivity index (χ4n) is 1.60. The number of nitrogen functional groups attached to an aromatic ring is 1. The predicted molar refractivity (Wildman–Crippen MR) is 66.4 cm³/mol. The van der Waals surface area contributed by atoms with Gasteiger partial charge in [-0.3, -0.25) is 19.4 Å². The Hall–Kier alpha value is -2.71. The van der Waals surface area contributed by atoms with E-state index in [-0.39, 0.29) is 5.69 Å². The third kappa shape index (κ3) is 3.15. The van der Waals surface area contributed by atoms with Gasteiger partial charge in [0.05, 0.1) is 11.1 Å². The first-order valence-corrected chi connectivity index (χ1v) is 5.56. The van der Waals surface area contributed by atoms with Gasteiger partial charge in [0.25, 0.3) is 0 Å². The van der Waals surface area contributed by atoms with Crippen LogP contribution in [0.2, 0.25) is 0 Å². The van der Waals surface area contributed by atoms with Crippen molar-refractivity contribution >= 4 is 11.5 Å². The minimum absolute atomic E-state index is 0.206. The lowest BCUT2D eigenvalue weighted by molar-refractivity contribution is -0.385. The molecule has 0 aliphatic carbocycles. The van der Waals surface area contributed by atoms with Crippen LogP contribution in [0.1, 0.15) is 6.42 Å². The Morgan fingerprint density at radius 1 is 1.42 bits per heavy atom. The molecule has 9 nitrogen and oxygen atoms in total. The molecule has 0 aliphatic rings. The molecular weight excluding hydrogens is 252 g/mol. The number of nitro groups is 1. The second-order valence-electron chi connectivity index (χ2n) is 3.90. The first-order chi connectivity index (χ1) is 9.06. The number of rotatable bonds is 5. The van der Waals surface area contributed by atoms with Crippen molar-refractivity contribution in [2.24, 2.45) is 0 Å². The average Bonchev–Trinajstić information content (AvgIpc) is 2.77. The minimum Gasteiger partial charge on any atom is -0.382 e. The molecule has 0 amide bonds. The molecule has 0 spiro atoms. The summed E-state index contributed by atoms with van der Waals surface area (Å²) in [6, 6.07) is 1.67. The number of nitrogens with zero attached hydrogens (tertiary/aromatic N) is 5. The second-order valence-corrected chi connectivity index (χ2v) is 3.90. The number of hydrogen-bond acceptors (Lipinski definition) is 6. The summed E-state index contributed by atoms with van der Waals surface area (Å²) in [6.45, 7) is 0.889. The normalized spacial score (nSPS) is 10.5. The molecule has 19 heavy (non-hydrogen) atoms. The summed E-state index contributed by atoms with van der Waals surface area (Å²) >= 11 is 0. The van der Waals surface area contributed by atoms with E-state index < -0.39 is 10.6 Å². The van der Waals surface area contributed by atoms with Gasteiger partial charge in [-0.25, -0.2) is 4.79 Å². The van der Waals surface area contributed by atoms with E-state index in [4.69, 9.17) is 5.73 Å². The number of anilines is 1. The highest BCUT2D eigenvalue weighted by molar-refractivity contribution is 5.23. The Morgan fingerprint density at radius 3 is 2.84 bits per heavy atom. The summed E-state index contributed by atoms with van der Waals surface area (Å²) in [7, 11) is 0. The van der Waals surface area contributed by atoms with Crippen molar-refractivity contribution in [2.45, 2.75) is 19.5 Å². The molecule has 0 saturated heterocycles. The predicted octanol–water partition coefficient (Wildman–Crippen LogP) is 0.0205. The van der Waals surface area contributed by atoms with Gasteiger partial charge in [-0.15, -0.1) is 0 Å². The van der Waals surface area contributed by atoms with E-state index in [1.54, 1.807) is 16.9 Å². The minimum atomic E-state index is -0.586. The third-order valence-electron chi connectivity index (χ3n) is 2.50. The highest BCUT2D eigenvalue weighted by Crippen LogP contribution is 2.05. The molecule has 2 N–H and O–H groups in total. The van der Waals surface area contributed by atoms with Crippen molar-refractivity contribution in [2.75, 3.05) is 5.73 Å². The molecule has 100 valence electrons. The number of aryl methyl sites for hydroxylation is 2. The Morgan fingerprint density at radius 2 is 2.21 bits per heavy atom. The zero-order valence-electron chi connectivity index (χ0n) is 9.97. The summed E-state index contributed by atoms with van der Waals surface area (Å²) in [5.41, 5.74) is 4.75. The van der Waals surface area contributed by atoms with Gasteiger partial charge in [0.1, 0.15) is 12.0 Å². The van der Waals surface area contributed by atoms with Crippen LogP contribution in [0, 0.1) is 10.1 Å². The molecule has 0 saturated carbocycles. The van der Waals surface area contributed by atoms with Crippen molar-refractivity contribution in [3.63, 3.8) is 0 Å². The Labute approximate surface area is 107 Å². The number of hydrogen-bond donors (Lipinski definition) is 1. The molecule has 0 aromatic carbocycles. The number of nitrogens with two attached hydrogens (primary N) is 1. The SMILES string of the molecule is Nc1ccn(CCCn2cc([N+](=O)[O-])cnc2=O)n1. The van der Waals surface area contributed by atoms with E-state index in [0.717, 1.165) is 6.20 Å². The highest BCUT2D eigenvalue weighted by atomic mass is 16.6. The van der Waals surface area contributed by atoms with E-state index >= 15 is 0 Å². The fraction of sp³-hybridized carbons (Fsp3) is 0.300. The molecule has 0 fully saturated rings. The molecule has 0 aliphatic heterocycles. The van der Waals surface area contributed by atoms with Crippen LogP contribution in [-0.2, 0) is 13.1 Å². The van der Waals surface area contributed by atoms with Crippen molar-refractivity contribution in [3.05, 3.63) is 45.3 Å². The molecule has 2 heterocycles. The van der Waals surface area contributed by atoms with E-state index in [0.29, 0.717) is 25.3 Å². The maximum absolute atomic E-state index is 11.4. The molecule has 0 atom stereocenters. The number of aromatic nitrogens is 4. The lowest BCUT2D eigenvalue weighted by Crippen LogP contribution is -2.23. The standard InChI is InChI=1S/C10H12N6O3/c11-9-2-5-15(13-9)4-1-3-14-7-8(16(18)19)6-12-10(14)17/h2,5-7H,1,3-4H2,(H2,11,13). The summed E-state index contributed by atoms with van der Waals surface area (Å²) in [4.78, 5) is 24.9. The molecule has 2 aromatic heterocycles. The van der Waals surface area contributed by atoms with Crippen molar-refractivity contribution in [1.29, 1.82) is 0 Å². The summed E-state index contributed by atoms with van der Waals surface area (Å²) in [5, 5.41) is 14.6. The van der Waals surface area contributed by atoms with Crippen molar-refractivity contribution in [1.82, 2.24) is 19.3 Å². The monoisotopic (exact) mass is 264 g/mol.